The number of hydrogen-bond acceptors (Lipinski definition) is 3. The van der Waals surface area contributed by atoms with Gasteiger partial charge in [0.2, 0.25) is 0 Å². The van der Waals surface area contributed by atoms with E-state index >= 15 is 0 Å². The SMILES string of the molecule is CCNC1CCCC(N(CC)Cc2ccccn2)C1. The van der Waals surface area contributed by atoms with Gasteiger partial charge < -0.3 is 5.32 Å². The molecular formula is C16H27N3. The van der Waals surface area contributed by atoms with E-state index < -0.39 is 0 Å². The number of rotatable bonds is 6. The quantitative estimate of drug-likeness (QED) is 0.853. The molecule has 1 aliphatic carbocycles. The molecule has 1 saturated carbocycles. The zero-order chi connectivity index (χ0) is 13.5. The minimum absolute atomic E-state index is 0.710. The Bertz CT molecular complexity index is 350. The van der Waals surface area contributed by atoms with Gasteiger partial charge in [0.25, 0.3) is 0 Å². The fourth-order valence-corrected chi connectivity index (χ4v) is 3.17. The minimum atomic E-state index is 0.710. The smallest absolute Gasteiger partial charge is 0.0544 e. The first-order valence-corrected chi connectivity index (χ1v) is 7.70. The summed E-state index contributed by atoms with van der Waals surface area (Å²) < 4.78 is 0. The van der Waals surface area contributed by atoms with E-state index in [2.05, 4.69) is 41.2 Å². The lowest BCUT2D eigenvalue weighted by Gasteiger charge is -2.37. The van der Waals surface area contributed by atoms with Gasteiger partial charge in [0, 0.05) is 24.8 Å². The molecule has 1 aromatic rings. The minimum Gasteiger partial charge on any atom is -0.314 e. The highest BCUT2D eigenvalue weighted by Gasteiger charge is 2.25. The number of hydrogen-bond donors (Lipinski definition) is 1. The fraction of sp³-hybridized carbons (Fsp3) is 0.688. The Labute approximate surface area is 117 Å². The first-order chi connectivity index (χ1) is 9.33. The molecule has 0 bridgehead atoms. The zero-order valence-electron chi connectivity index (χ0n) is 12.3. The van der Waals surface area contributed by atoms with Crippen molar-refractivity contribution in [3.63, 3.8) is 0 Å². The molecule has 0 aliphatic heterocycles. The molecule has 3 nitrogen and oxygen atoms in total. The fourth-order valence-electron chi connectivity index (χ4n) is 3.17. The molecular weight excluding hydrogens is 234 g/mol. The van der Waals surface area contributed by atoms with Crippen LogP contribution in [0.1, 0.15) is 45.2 Å². The molecule has 0 radical (unpaired) electrons. The van der Waals surface area contributed by atoms with E-state index in [1.807, 2.05) is 12.3 Å². The summed E-state index contributed by atoms with van der Waals surface area (Å²) in [5.74, 6) is 0. The van der Waals surface area contributed by atoms with Crippen LogP contribution < -0.4 is 5.32 Å². The maximum atomic E-state index is 4.46. The Morgan fingerprint density at radius 2 is 2.21 bits per heavy atom. The first-order valence-electron chi connectivity index (χ1n) is 7.70. The predicted molar refractivity (Wildman–Crippen MR) is 80.0 cm³/mol. The second-order valence-electron chi connectivity index (χ2n) is 5.46. The molecule has 1 aliphatic rings. The highest BCUT2D eigenvalue weighted by atomic mass is 15.2. The summed E-state index contributed by atoms with van der Waals surface area (Å²) in [4.78, 5) is 7.05. The van der Waals surface area contributed by atoms with Gasteiger partial charge in [0.15, 0.2) is 0 Å². The summed E-state index contributed by atoms with van der Waals surface area (Å²) in [6.45, 7) is 7.65. The van der Waals surface area contributed by atoms with Crippen LogP contribution >= 0.6 is 0 Å². The van der Waals surface area contributed by atoms with Crippen molar-refractivity contribution in [1.29, 1.82) is 0 Å². The second-order valence-corrected chi connectivity index (χ2v) is 5.46. The zero-order valence-corrected chi connectivity index (χ0v) is 12.3. The number of aromatic nitrogens is 1. The predicted octanol–water partition coefficient (Wildman–Crippen LogP) is 2.82. The van der Waals surface area contributed by atoms with Crippen molar-refractivity contribution < 1.29 is 0 Å². The third kappa shape index (κ3) is 4.29. The maximum Gasteiger partial charge on any atom is 0.0544 e. The summed E-state index contributed by atoms with van der Waals surface area (Å²) in [7, 11) is 0. The van der Waals surface area contributed by atoms with E-state index in [0.29, 0.717) is 12.1 Å². The largest absolute Gasteiger partial charge is 0.314 e. The van der Waals surface area contributed by atoms with Gasteiger partial charge in [-0.15, -0.1) is 0 Å². The van der Waals surface area contributed by atoms with Gasteiger partial charge in [0.05, 0.1) is 5.69 Å². The molecule has 2 atom stereocenters. The van der Waals surface area contributed by atoms with Crippen molar-refractivity contribution in [2.24, 2.45) is 0 Å². The summed E-state index contributed by atoms with van der Waals surface area (Å²) in [6.07, 6.45) is 7.20. The topological polar surface area (TPSA) is 28.2 Å². The average molecular weight is 261 g/mol. The number of nitrogens with zero attached hydrogens (tertiary/aromatic N) is 2. The number of pyridine rings is 1. The molecule has 3 heteroatoms. The van der Waals surface area contributed by atoms with Crippen LogP contribution in [0.4, 0.5) is 0 Å². The third-order valence-corrected chi connectivity index (χ3v) is 4.15. The summed E-state index contributed by atoms with van der Waals surface area (Å²) in [5, 5.41) is 3.61. The molecule has 1 heterocycles. The molecule has 0 amide bonds. The van der Waals surface area contributed by atoms with Gasteiger partial charge >= 0.3 is 0 Å². The number of nitrogens with one attached hydrogen (secondary N) is 1. The lowest BCUT2D eigenvalue weighted by atomic mass is 9.89. The highest BCUT2D eigenvalue weighted by molar-refractivity contribution is 5.03. The normalized spacial score (nSPS) is 23.7. The Morgan fingerprint density at radius 1 is 1.32 bits per heavy atom. The Hall–Kier alpha value is -0.930. The van der Waals surface area contributed by atoms with Gasteiger partial charge in [0.1, 0.15) is 0 Å². The van der Waals surface area contributed by atoms with Crippen LogP contribution in [-0.4, -0.2) is 35.1 Å². The standard InChI is InChI=1S/C16H27N3/c1-3-17-14-9-7-10-16(12-14)19(4-2)13-15-8-5-6-11-18-15/h5-6,8,11,14,16-17H,3-4,7,9-10,12-13H2,1-2H3. The van der Waals surface area contributed by atoms with E-state index in [-0.39, 0.29) is 0 Å². The van der Waals surface area contributed by atoms with Crippen LogP contribution in [0.2, 0.25) is 0 Å². The Morgan fingerprint density at radius 3 is 2.89 bits per heavy atom. The van der Waals surface area contributed by atoms with Crippen LogP contribution in [0.25, 0.3) is 0 Å². The van der Waals surface area contributed by atoms with Crippen molar-refractivity contribution >= 4 is 0 Å². The lowest BCUT2D eigenvalue weighted by Crippen LogP contribution is -2.44. The average Bonchev–Trinajstić information content (AvgIpc) is 2.46. The Balaban J connectivity index is 1.93. The molecule has 1 N–H and O–H groups in total. The van der Waals surface area contributed by atoms with Crippen LogP contribution in [0.5, 0.6) is 0 Å². The van der Waals surface area contributed by atoms with E-state index in [9.17, 15) is 0 Å². The highest BCUT2D eigenvalue weighted by Crippen LogP contribution is 2.24. The molecule has 2 unspecified atom stereocenters. The van der Waals surface area contributed by atoms with Crippen molar-refractivity contribution in [1.82, 2.24) is 15.2 Å². The van der Waals surface area contributed by atoms with Gasteiger partial charge in [-0.2, -0.15) is 0 Å². The third-order valence-electron chi connectivity index (χ3n) is 4.15. The van der Waals surface area contributed by atoms with Crippen LogP contribution in [0.3, 0.4) is 0 Å². The molecule has 1 aromatic heterocycles. The van der Waals surface area contributed by atoms with Crippen molar-refractivity contribution in [2.45, 2.75) is 58.2 Å². The van der Waals surface area contributed by atoms with E-state index in [1.165, 1.54) is 31.4 Å². The van der Waals surface area contributed by atoms with E-state index in [4.69, 9.17) is 0 Å². The van der Waals surface area contributed by atoms with Crippen LogP contribution in [-0.2, 0) is 6.54 Å². The second kappa shape index (κ2) is 7.61. The monoisotopic (exact) mass is 261 g/mol. The molecule has 1 fully saturated rings. The molecule has 2 rings (SSSR count). The molecule has 0 aromatic carbocycles. The van der Waals surface area contributed by atoms with Gasteiger partial charge in [-0.3, -0.25) is 9.88 Å². The van der Waals surface area contributed by atoms with Gasteiger partial charge in [-0.05, 0) is 44.5 Å². The lowest BCUT2D eigenvalue weighted by molar-refractivity contribution is 0.137. The molecule has 19 heavy (non-hydrogen) atoms. The van der Waals surface area contributed by atoms with E-state index in [1.54, 1.807) is 0 Å². The first kappa shape index (κ1) is 14.5. The van der Waals surface area contributed by atoms with Crippen molar-refractivity contribution in [3.8, 4) is 0 Å². The molecule has 0 spiro atoms. The maximum absolute atomic E-state index is 4.46. The Kier molecular flexibility index (Phi) is 5.80. The van der Waals surface area contributed by atoms with Crippen LogP contribution in [0.15, 0.2) is 24.4 Å². The van der Waals surface area contributed by atoms with Gasteiger partial charge in [-0.25, -0.2) is 0 Å². The summed E-state index contributed by atoms with van der Waals surface area (Å²) in [6, 6.07) is 7.62. The van der Waals surface area contributed by atoms with Gasteiger partial charge in [-0.1, -0.05) is 26.3 Å². The summed E-state index contributed by atoms with van der Waals surface area (Å²) >= 11 is 0. The van der Waals surface area contributed by atoms with Crippen molar-refractivity contribution in [3.05, 3.63) is 30.1 Å². The molecule has 106 valence electrons. The summed E-state index contributed by atoms with van der Waals surface area (Å²) in [5.41, 5.74) is 1.19. The van der Waals surface area contributed by atoms with Crippen LogP contribution in [0, 0.1) is 0 Å². The molecule has 0 saturated heterocycles. The van der Waals surface area contributed by atoms with E-state index in [0.717, 1.165) is 19.6 Å². The van der Waals surface area contributed by atoms with Crippen molar-refractivity contribution in [2.75, 3.05) is 13.1 Å².